The number of thiophene rings is 1. The average molecular weight is 464 g/mol. The van der Waals surface area contributed by atoms with E-state index in [1.165, 1.54) is 30.6 Å². The zero-order valence-corrected chi connectivity index (χ0v) is 20.5. The molecule has 0 atom stereocenters. The van der Waals surface area contributed by atoms with E-state index in [-0.39, 0.29) is 5.91 Å². The Morgan fingerprint density at radius 3 is 2.82 bits per heavy atom. The topological polar surface area (TPSA) is 71.7 Å². The number of nitrogens with one attached hydrogen (secondary N) is 1. The summed E-state index contributed by atoms with van der Waals surface area (Å²) in [6.45, 7) is 9.54. The van der Waals surface area contributed by atoms with Gasteiger partial charge in [0.15, 0.2) is 0 Å². The molecule has 1 aliphatic rings. The van der Waals surface area contributed by atoms with E-state index in [4.69, 9.17) is 4.99 Å². The van der Waals surface area contributed by atoms with E-state index in [0.29, 0.717) is 22.7 Å². The van der Waals surface area contributed by atoms with Crippen LogP contribution in [0.25, 0.3) is 5.70 Å². The molecule has 1 aromatic heterocycles. The highest BCUT2D eigenvalue weighted by Crippen LogP contribution is 2.34. The minimum atomic E-state index is -0.105. The van der Waals surface area contributed by atoms with Gasteiger partial charge in [-0.25, -0.2) is 4.99 Å². The van der Waals surface area contributed by atoms with Crippen molar-refractivity contribution in [3.05, 3.63) is 57.8 Å². The Morgan fingerprint density at radius 1 is 1.33 bits per heavy atom. The molecular weight excluding hydrogens is 430 g/mol. The maximum atomic E-state index is 13.4. The number of aliphatic imine (C=N–C) groups is 1. The Kier molecular flexibility index (Phi) is 9.08. The van der Waals surface area contributed by atoms with Gasteiger partial charge in [0.05, 0.1) is 28.5 Å². The summed E-state index contributed by atoms with van der Waals surface area (Å²) in [6.07, 6.45) is 7.65. The third-order valence-corrected chi connectivity index (χ3v) is 6.89. The monoisotopic (exact) mass is 463 g/mol. The zero-order valence-electron chi connectivity index (χ0n) is 19.6. The minimum absolute atomic E-state index is 0.105. The normalized spacial score (nSPS) is 13.7. The van der Waals surface area contributed by atoms with Crippen LogP contribution < -0.4 is 5.32 Å². The van der Waals surface area contributed by atoms with Crippen molar-refractivity contribution in [2.75, 3.05) is 26.7 Å². The van der Waals surface area contributed by atoms with Gasteiger partial charge in [0.2, 0.25) is 0 Å². The van der Waals surface area contributed by atoms with E-state index in [0.717, 1.165) is 48.6 Å². The number of amides is 1. The number of hydrogen-bond donors (Lipinski definition) is 1. The van der Waals surface area contributed by atoms with Gasteiger partial charge in [0.1, 0.15) is 4.88 Å². The van der Waals surface area contributed by atoms with Crippen LogP contribution in [0.4, 0.5) is 5.69 Å². The quantitative estimate of drug-likeness (QED) is 0.291. The van der Waals surface area contributed by atoms with E-state index in [2.05, 4.69) is 29.8 Å². The third-order valence-electron chi connectivity index (χ3n) is 5.72. The third kappa shape index (κ3) is 6.69. The molecule has 0 bridgehead atoms. The average Bonchev–Trinajstić information content (AvgIpc) is 3.27. The van der Waals surface area contributed by atoms with Gasteiger partial charge in [-0.2, -0.15) is 5.26 Å². The summed E-state index contributed by atoms with van der Waals surface area (Å²) >= 11 is 1.42. The fourth-order valence-electron chi connectivity index (χ4n) is 3.73. The predicted octanol–water partition coefficient (Wildman–Crippen LogP) is 5.40. The number of nitrogens with zero attached hydrogens (tertiary/aromatic N) is 4. The molecule has 174 valence electrons. The summed E-state index contributed by atoms with van der Waals surface area (Å²) in [5.41, 5.74) is 2.90. The summed E-state index contributed by atoms with van der Waals surface area (Å²) in [6, 6.07) is 11.5. The Balaban J connectivity index is 1.83. The molecule has 0 spiro atoms. The molecule has 1 fully saturated rings. The van der Waals surface area contributed by atoms with Gasteiger partial charge >= 0.3 is 0 Å². The molecule has 6 nitrogen and oxygen atoms in total. The zero-order chi connectivity index (χ0) is 23.6. The molecule has 0 saturated carbocycles. The fraction of sp³-hybridized carbons (Fsp3) is 0.423. The van der Waals surface area contributed by atoms with E-state index < -0.39 is 0 Å². The van der Waals surface area contributed by atoms with Crippen molar-refractivity contribution in [2.24, 2.45) is 4.99 Å². The molecule has 1 aliphatic heterocycles. The van der Waals surface area contributed by atoms with E-state index in [1.807, 2.05) is 30.6 Å². The summed E-state index contributed by atoms with van der Waals surface area (Å²) in [5.74, 6) is -0.105. The number of nitriles is 1. The maximum absolute atomic E-state index is 13.4. The standard InChI is InChI=1S/C26H33N5OS/c1-4-5-13-28-20(2)24-16-23(29-19-31-14-9-6-10-15-31)25(33-24)26(32)30(3)18-22-12-8-7-11-21(22)17-27/h7-8,11-12,16,19,28H,2,4-6,9-10,13-15,18H2,1,3H3/b29-19+. The number of unbranched alkanes of at least 4 members (excludes halogenated alkanes) is 1. The van der Waals surface area contributed by atoms with Crippen molar-refractivity contribution < 1.29 is 4.79 Å². The van der Waals surface area contributed by atoms with Crippen molar-refractivity contribution in [2.45, 2.75) is 45.6 Å². The van der Waals surface area contributed by atoms with Crippen molar-refractivity contribution in [1.29, 1.82) is 5.26 Å². The largest absolute Gasteiger partial charge is 0.384 e. The number of carbonyl (C=O) groups excluding carboxylic acids is 1. The molecule has 33 heavy (non-hydrogen) atoms. The van der Waals surface area contributed by atoms with Gasteiger partial charge in [-0.15, -0.1) is 11.3 Å². The Hall–Kier alpha value is -3.11. The van der Waals surface area contributed by atoms with Crippen molar-refractivity contribution in [1.82, 2.24) is 15.1 Å². The van der Waals surface area contributed by atoms with Crippen LogP contribution in [0.1, 0.15) is 64.7 Å². The number of rotatable bonds is 10. The van der Waals surface area contributed by atoms with Crippen LogP contribution in [0.3, 0.4) is 0 Å². The lowest BCUT2D eigenvalue weighted by molar-refractivity contribution is 0.0790. The van der Waals surface area contributed by atoms with E-state index >= 15 is 0 Å². The summed E-state index contributed by atoms with van der Waals surface area (Å²) in [4.78, 5) is 23.5. The SMILES string of the molecule is C=C(NCCCC)c1cc(/N=C/N2CCCCC2)c(C(=O)N(C)Cc2ccccc2C#N)s1. The lowest BCUT2D eigenvalue weighted by Crippen LogP contribution is -2.28. The first-order chi connectivity index (χ1) is 16.0. The van der Waals surface area contributed by atoms with E-state index in [9.17, 15) is 10.1 Å². The Bertz CT molecular complexity index is 1030. The molecule has 1 N–H and O–H groups in total. The summed E-state index contributed by atoms with van der Waals surface area (Å²) in [5, 5.41) is 12.7. The van der Waals surface area contributed by atoms with Crippen LogP contribution in [0, 0.1) is 11.3 Å². The maximum Gasteiger partial charge on any atom is 0.266 e. The highest BCUT2D eigenvalue weighted by atomic mass is 32.1. The molecule has 3 rings (SSSR count). The van der Waals surface area contributed by atoms with Crippen LogP contribution in [-0.2, 0) is 6.54 Å². The van der Waals surface area contributed by atoms with Crippen molar-refractivity contribution >= 4 is 35.0 Å². The first kappa shape index (κ1) is 24.5. The number of hydrogen-bond acceptors (Lipinski definition) is 5. The lowest BCUT2D eigenvalue weighted by atomic mass is 10.1. The highest BCUT2D eigenvalue weighted by Gasteiger charge is 2.22. The fourth-order valence-corrected chi connectivity index (χ4v) is 4.77. The second kappa shape index (κ2) is 12.2. The van der Waals surface area contributed by atoms with Crippen LogP contribution in [-0.4, -0.2) is 48.7 Å². The Labute approximate surface area is 201 Å². The van der Waals surface area contributed by atoms with Crippen LogP contribution in [0.15, 0.2) is 41.9 Å². The minimum Gasteiger partial charge on any atom is -0.384 e. The first-order valence-corrected chi connectivity index (χ1v) is 12.4. The van der Waals surface area contributed by atoms with Crippen LogP contribution in [0.2, 0.25) is 0 Å². The number of benzene rings is 1. The molecular formula is C26H33N5OS. The predicted molar refractivity (Wildman–Crippen MR) is 137 cm³/mol. The van der Waals surface area contributed by atoms with Gasteiger partial charge in [-0.05, 0) is 43.4 Å². The van der Waals surface area contributed by atoms with Gasteiger partial charge in [-0.3, -0.25) is 4.79 Å². The van der Waals surface area contributed by atoms with Crippen molar-refractivity contribution in [3.63, 3.8) is 0 Å². The van der Waals surface area contributed by atoms with Gasteiger partial charge < -0.3 is 15.1 Å². The molecule has 0 unspecified atom stereocenters. The molecule has 1 aromatic carbocycles. The summed E-state index contributed by atoms with van der Waals surface area (Å²) < 4.78 is 0. The molecule has 2 heterocycles. The molecule has 0 radical (unpaired) electrons. The number of carbonyl (C=O) groups is 1. The molecule has 1 amide bonds. The van der Waals surface area contributed by atoms with Crippen LogP contribution in [0.5, 0.6) is 0 Å². The Morgan fingerprint density at radius 2 is 2.09 bits per heavy atom. The summed E-state index contributed by atoms with van der Waals surface area (Å²) in [7, 11) is 1.77. The van der Waals surface area contributed by atoms with Crippen molar-refractivity contribution in [3.8, 4) is 6.07 Å². The number of likely N-dealkylation sites (tertiary alicyclic amines) is 1. The molecule has 7 heteroatoms. The molecule has 0 aliphatic carbocycles. The molecule has 2 aromatic rings. The van der Waals surface area contributed by atoms with Gasteiger partial charge in [-0.1, -0.05) is 38.1 Å². The van der Waals surface area contributed by atoms with Gasteiger partial charge in [0.25, 0.3) is 5.91 Å². The van der Waals surface area contributed by atoms with Gasteiger partial charge in [0, 0.05) is 38.9 Å². The number of piperidine rings is 1. The smallest absolute Gasteiger partial charge is 0.266 e. The molecule has 1 saturated heterocycles. The van der Waals surface area contributed by atoms with Crippen LogP contribution >= 0.6 is 11.3 Å². The second-order valence-electron chi connectivity index (χ2n) is 8.36. The lowest BCUT2D eigenvalue weighted by Gasteiger charge is -2.23. The first-order valence-electron chi connectivity index (χ1n) is 11.6. The highest BCUT2D eigenvalue weighted by molar-refractivity contribution is 7.15. The second-order valence-corrected chi connectivity index (χ2v) is 9.41. The van der Waals surface area contributed by atoms with E-state index in [1.54, 1.807) is 18.0 Å².